The van der Waals surface area contributed by atoms with Crippen molar-refractivity contribution in [2.75, 3.05) is 19.7 Å². The molecule has 38 heavy (non-hydrogen) atoms. The van der Waals surface area contributed by atoms with Crippen molar-refractivity contribution in [1.82, 2.24) is 24.2 Å². The topological polar surface area (TPSA) is 85.4 Å². The third kappa shape index (κ3) is 5.21. The number of ether oxygens (including phenoxy) is 1. The van der Waals surface area contributed by atoms with Crippen LogP contribution in [-0.2, 0) is 13.1 Å². The lowest BCUT2D eigenvalue weighted by atomic mass is 9.86. The number of piperidine rings is 1. The minimum absolute atomic E-state index is 0.175. The minimum atomic E-state index is -0.999. The molecule has 1 N–H and O–H groups in total. The van der Waals surface area contributed by atoms with E-state index in [4.69, 9.17) is 4.74 Å². The first-order valence-corrected chi connectivity index (χ1v) is 13.3. The Morgan fingerprint density at radius 3 is 2.63 bits per heavy atom. The summed E-state index contributed by atoms with van der Waals surface area (Å²) < 4.78 is 22.3. The molecule has 2 aromatic carbocycles. The van der Waals surface area contributed by atoms with Gasteiger partial charge in [-0.1, -0.05) is 24.6 Å². The van der Waals surface area contributed by atoms with Gasteiger partial charge in [0.1, 0.15) is 23.3 Å². The highest BCUT2D eigenvalue weighted by molar-refractivity contribution is 5.75. The van der Waals surface area contributed by atoms with E-state index in [1.54, 1.807) is 23.0 Å². The molecule has 9 heteroatoms. The smallest absolute Gasteiger partial charge is 0.264 e. The van der Waals surface area contributed by atoms with E-state index in [0.29, 0.717) is 49.4 Å². The molecule has 0 unspecified atom stereocenters. The highest BCUT2D eigenvalue weighted by Crippen LogP contribution is 2.28. The maximum Gasteiger partial charge on any atom is 0.264 e. The Morgan fingerprint density at radius 2 is 1.89 bits per heavy atom. The van der Waals surface area contributed by atoms with Crippen LogP contribution in [0.4, 0.5) is 4.39 Å². The van der Waals surface area contributed by atoms with Gasteiger partial charge < -0.3 is 9.84 Å². The number of rotatable bonds is 8. The molecular weight excluding hydrogens is 485 g/mol. The van der Waals surface area contributed by atoms with Crippen molar-refractivity contribution in [3.05, 3.63) is 82.8 Å². The SMILES string of the molecule is O=c1c2cnn(-c3cccc(OCC4CCC4)c3)c2ncn1CC1(O)CCN(Cc2ccc(F)cc2)CC1. The van der Waals surface area contributed by atoms with Gasteiger partial charge in [0.2, 0.25) is 0 Å². The quantitative estimate of drug-likeness (QED) is 0.381. The van der Waals surface area contributed by atoms with Crippen LogP contribution in [0, 0.1) is 11.7 Å². The zero-order valence-corrected chi connectivity index (χ0v) is 21.3. The number of hydrogen-bond donors (Lipinski definition) is 1. The monoisotopic (exact) mass is 517 g/mol. The van der Waals surface area contributed by atoms with Crippen LogP contribution in [0.1, 0.15) is 37.7 Å². The normalized spacial score (nSPS) is 17.9. The van der Waals surface area contributed by atoms with Gasteiger partial charge in [0, 0.05) is 25.7 Å². The molecule has 2 fully saturated rings. The van der Waals surface area contributed by atoms with Gasteiger partial charge in [0.25, 0.3) is 5.56 Å². The van der Waals surface area contributed by atoms with E-state index in [1.165, 1.54) is 42.3 Å². The van der Waals surface area contributed by atoms with Gasteiger partial charge in [-0.15, -0.1) is 0 Å². The average molecular weight is 518 g/mol. The summed E-state index contributed by atoms with van der Waals surface area (Å²) in [5, 5.41) is 16.1. The van der Waals surface area contributed by atoms with Crippen LogP contribution >= 0.6 is 0 Å². The summed E-state index contributed by atoms with van der Waals surface area (Å²) in [4.78, 5) is 20.1. The van der Waals surface area contributed by atoms with Crippen LogP contribution in [0.15, 0.2) is 65.8 Å². The maximum absolute atomic E-state index is 13.3. The first-order chi connectivity index (χ1) is 18.5. The second-order valence-electron chi connectivity index (χ2n) is 10.7. The fourth-order valence-electron chi connectivity index (χ4n) is 5.28. The Morgan fingerprint density at radius 1 is 1.11 bits per heavy atom. The lowest BCUT2D eigenvalue weighted by Gasteiger charge is -2.38. The number of aliphatic hydroxyl groups is 1. The number of benzene rings is 2. The van der Waals surface area contributed by atoms with Crippen molar-refractivity contribution in [3.8, 4) is 11.4 Å². The van der Waals surface area contributed by atoms with Crippen LogP contribution in [-0.4, -0.2) is 54.6 Å². The second kappa shape index (κ2) is 10.3. The van der Waals surface area contributed by atoms with Crippen LogP contribution in [0.2, 0.25) is 0 Å². The molecule has 1 aliphatic carbocycles. The lowest BCUT2D eigenvalue weighted by Crippen LogP contribution is -2.47. The molecule has 1 saturated carbocycles. The molecule has 0 spiro atoms. The molecule has 4 aromatic rings. The molecule has 0 bridgehead atoms. The Hall–Kier alpha value is -3.56. The van der Waals surface area contributed by atoms with Crippen molar-refractivity contribution in [1.29, 1.82) is 0 Å². The predicted molar refractivity (Wildman–Crippen MR) is 142 cm³/mol. The minimum Gasteiger partial charge on any atom is -0.493 e. The zero-order valence-electron chi connectivity index (χ0n) is 21.3. The number of nitrogens with zero attached hydrogens (tertiary/aromatic N) is 5. The maximum atomic E-state index is 13.3. The van der Waals surface area contributed by atoms with Gasteiger partial charge in [-0.3, -0.25) is 14.3 Å². The highest BCUT2D eigenvalue weighted by Gasteiger charge is 2.33. The fraction of sp³-hybridized carbons (Fsp3) is 0.414. The summed E-state index contributed by atoms with van der Waals surface area (Å²) in [5.41, 5.74) is 1.07. The number of fused-ring (bicyclic) bond motifs is 1. The van der Waals surface area contributed by atoms with E-state index >= 15 is 0 Å². The summed E-state index contributed by atoms with van der Waals surface area (Å²) in [6.45, 7) is 2.98. The summed E-state index contributed by atoms with van der Waals surface area (Å²) in [5.74, 6) is 1.17. The first-order valence-electron chi connectivity index (χ1n) is 13.3. The molecule has 6 rings (SSSR count). The summed E-state index contributed by atoms with van der Waals surface area (Å²) in [6, 6.07) is 14.2. The van der Waals surface area contributed by atoms with Gasteiger partial charge in [0.15, 0.2) is 5.65 Å². The van der Waals surface area contributed by atoms with Crippen molar-refractivity contribution >= 4 is 11.0 Å². The van der Waals surface area contributed by atoms with Crippen molar-refractivity contribution < 1.29 is 14.2 Å². The molecule has 0 radical (unpaired) electrons. The molecule has 1 saturated heterocycles. The van der Waals surface area contributed by atoms with E-state index < -0.39 is 5.60 Å². The third-order valence-electron chi connectivity index (χ3n) is 7.90. The molecule has 2 aliphatic rings. The van der Waals surface area contributed by atoms with Crippen molar-refractivity contribution in [3.63, 3.8) is 0 Å². The van der Waals surface area contributed by atoms with E-state index in [1.807, 2.05) is 24.3 Å². The van der Waals surface area contributed by atoms with E-state index in [2.05, 4.69) is 15.0 Å². The molecule has 8 nitrogen and oxygen atoms in total. The van der Waals surface area contributed by atoms with Crippen LogP contribution in [0.25, 0.3) is 16.7 Å². The van der Waals surface area contributed by atoms with Crippen molar-refractivity contribution in [2.45, 2.75) is 50.8 Å². The average Bonchev–Trinajstić information content (AvgIpc) is 3.33. The Balaban J connectivity index is 1.14. The van der Waals surface area contributed by atoms with Gasteiger partial charge >= 0.3 is 0 Å². The van der Waals surface area contributed by atoms with Crippen molar-refractivity contribution in [2.24, 2.45) is 5.92 Å². The van der Waals surface area contributed by atoms with Crippen LogP contribution < -0.4 is 10.3 Å². The van der Waals surface area contributed by atoms with Crippen LogP contribution in [0.5, 0.6) is 5.75 Å². The molecule has 0 atom stereocenters. The summed E-state index contributed by atoms with van der Waals surface area (Å²) in [7, 11) is 0. The fourth-order valence-corrected chi connectivity index (χ4v) is 5.28. The van der Waals surface area contributed by atoms with E-state index in [-0.39, 0.29) is 17.9 Å². The zero-order chi connectivity index (χ0) is 26.1. The lowest BCUT2D eigenvalue weighted by molar-refractivity contribution is -0.0364. The Bertz CT molecular complexity index is 1470. The van der Waals surface area contributed by atoms with E-state index in [9.17, 15) is 14.3 Å². The number of likely N-dealkylation sites (tertiary alicyclic amines) is 1. The van der Waals surface area contributed by atoms with Gasteiger partial charge in [-0.25, -0.2) is 14.1 Å². The summed E-state index contributed by atoms with van der Waals surface area (Å²) >= 11 is 0. The second-order valence-corrected chi connectivity index (χ2v) is 10.7. The number of halogens is 1. The Kier molecular flexibility index (Phi) is 6.71. The predicted octanol–water partition coefficient (Wildman–Crippen LogP) is 3.93. The first kappa shape index (κ1) is 24.8. The third-order valence-corrected chi connectivity index (χ3v) is 7.90. The van der Waals surface area contributed by atoms with Gasteiger partial charge in [-0.05, 0) is 61.4 Å². The van der Waals surface area contributed by atoms with Gasteiger partial charge in [-0.2, -0.15) is 5.10 Å². The highest BCUT2D eigenvalue weighted by atomic mass is 19.1. The number of aromatic nitrogens is 4. The number of hydrogen-bond acceptors (Lipinski definition) is 6. The standard InChI is InChI=1S/C29H32FN5O3/c30-23-9-7-21(8-10-23)17-33-13-11-29(37,12-14-33)19-34-20-31-27-26(28(34)36)16-32-35(27)24-5-2-6-25(15-24)38-18-22-3-1-4-22/h2,5-10,15-16,20,22,37H,1,3-4,11-14,17-19H2. The van der Waals surface area contributed by atoms with E-state index in [0.717, 1.165) is 23.6 Å². The molecule has 0 amide bonds. The Labute approximate surface area is 220 Å². The molecule has 3 heterocycles. The van der Waals surface area contributed by atoms with Crippen LogP contribution in [0.3, 0.4) is 0 Å². The molecule has 198 valence electrons. The largest absolute Gasteiger partial charge is 0.493 e. The molecule has 1 aliphatic heterocycles. The van der Waals surface area contributed by atoms with Gasteiger partial charge in [0.05, 0.1) is 30.6 Å². The summed E-state index contributed by atoms with van der Waals surface area (Å²) in [6.07, 6.45) is 7.84. The molecule has 2 aromatic heterocycles. The molecular formula is C29H32FN5O3.